The molecule has 1 amide bonds. The second kappa shape index (κ2) is 6.19. The summed E-state index contributed by atoms with van der Waals surface area (Å²) in [6, 6.07) is 0. The number of hydrogen-bond donors (Lipinski definition) is 1. The molecule has 1 N–H and O–H groups in total. The fourth-order valence-corrected chi connectivity index (χ4v) is 3.07. The minimum Gasteiger partial charge on any atom is -0.345 e. The fraction of sp³-hybridized carbons (Fsp3) is 0.917. The highest BCUT2D eigenvalue weighted by Gasteiger charge is 2.33. The third kappa shape index (κ3) is 5.88. The highest BCUT2D eigenvalue weighted by molar-refractivity contribution is 7.88. The third-order valence-electron chi connectivity index (χ3n) is 3.50. The molecule has 0 aromatic carbocycles. The van der Waals surface area contributed by atoms with E-state index < -0.39 is 10.0 Å². The quantitative estimate of drug-likeness (QED) is 0.731. The van der Waals surface area contributed by atoms with Crippen LogP contribution in [0.3, 0.4) is 0 Å². The number of carbonyl (C=O) groups is 1. The van der Waals surface area contributed by atoms with E-state index >= 15 is 0 Å². The molecule has 6 nitrogen and oxygen atoms in total. The van der Waals surface area contributed by atoms with Crippen LogP contribution in [0.5, 0.6) is 0 Å². The molecule has 7 heteroatoms. The second-order valence-corrected chi connectivity index (χ2v) is 7.80. The van der Waals surface area contributed by atoms with E-state index in [1.165, 1.54) is 0 Å². The molecule has 1 rings (SSSR count). The summed E-state index contributed by atoms with van der Waals surface area (Å²) < 4.78 is 24.1. The largest absolute Gasteiger partial charge is 0.345 e. The molecule has 112 valence electrons. The summed E-state index contributed by atoms with van der Waals surface area (Å²) in [5, 5.41) is 0. The first-order valence-corrected chi connectivity index (χ1v) is 8.38. The van der Waals surface area contributed by atoms with Crippen molar-refractivity contribution in [1.82, 2.24) is 14.5 Å². The Morgan fingerprint density at radius 3 is 2.58 bits per heavy atom. The van der Waals surface area contributed by atoms with Crippen LogP contribution in [0, 0.1) is 5.41 Å². The Morgan fingerprint density at radius 1 is 1.47 bits per heavy atom. The van der Waals surface area contributed by atoms with Gasteiger partial charge < -0.3 is 9.80 Å². The monoisotopic (exact) mass is 291 g/mol. The summed E-state index contributed by atoms with van der Waals surface area (Å²) in [7, 11) is 0.656. The summed E-state index contributed by atoms with van der Waals surface area (Å²) in [5.41, 5.74) is 0.142. The molecule has 1 atom stereocenters. The van der Waals surface area contributed by atoms with E-state index in [1.807, 2.05) is 0 Å². The van der Waals surface area contributed by atoms with Crippen molar-refractivity contribution in [2.45, 2.75) is 19.8 Å². The van der Waals surface area contributed by atoms with Crippen molar-refractivity contribution in [2.75, 3.05) is 46.5 Å². The average Bonchev–Trinajstić information content (AvgIpc) is 2.56. The number of carbonyl (C=O) groups excluding carboxylic acids is 1. The molecule has 1 saturated heterocycles. The van der Waals surface area contributed by atoms with Crippen LogP contribution >= 0.6 is 0 Å². The van der Waals surface area contributed by atoms with Crippen molar-refractivity contribution in [1.29, 1.82) is 0 Å². The molecule has 0 spiro atoms. The number of sulfonamides is 1. The van der Waals surface area contributed by atoms with Crippen molar-refractivity contribution in [3.8, 4) is 0 Å². The van der Waals surface area contributed by atoms with Crippen molar-refractivity contribution >= 4 is 15.9 Å². The molecule has 1 aliphatic rings. The van der Waals surface area contributed by atoms with Gasteiger partial charge in [-0.25, -0.2) is 13.1 Å². The van der Waals surface area contributed by atoms with Gasteiger partial charge in [-0.3, -0.25) is 4.79 Å². The van der Waals surface area contributed by atoms with E-state index in [0.29, 0.717) is 0 Å². The Kier molecular flexibility index (Phi) is 5.34. The van der Waals surface area contributed by atoms with Gasteiger partial charge in [-0.1, -0.05) is 6.92 Å². The fourth-order valence-electron chi connectivity index (χ4n) is 2.59. The Balaban J connectivity index is 2.37. The molecule has 0 bridgehead atoms. The molecule has 1 unspecified atom stereocenters. The highest BCUT2D eigenvalue weighted by atomic mass is 32.2. The van der Waals surface area contributed by atoms with Gasteiger partial charge in [-0.2, -0.15) is 0 Å². The van der Waals surface area contributed by atoms with Gasteiger partial charge in [0.2, 0.25) is 15.9 Å². The number of hydrogen-bond acceptors (Lipinski definition) is 4. The van der Waals surface area contributed by atoms with Crippen molar-refractivity contribution in [2.24, 2.45) is 5.41 Å². The van der Waals surface area contributed by atoms with E-state index in [0.717, 1.165) is 32.3 Å². The Labute approximate surface area is 116 Å². The molecular weight excluding hydrogens is 266 g/mol. The summed E-state index contributed by atoms with van der Waals surface area (Å²) in [6.45, 7) is 5.13. The van der Waals surface area contributed by atoms with E-state index in [4.69, 9.17) is 0 Å². The molecule has 0 aromatic heterocycles. The Bertz CT molecular complexity index is 424. The Hall–Kier alpha value is -0.660. The predicted molar refractivity (Wildman–Crippen MR) is 75.3 cm³/mol. The molecule has 1 aliphatic heterocycles. The van der Waals surface area contributed by atoms with Gasteiger partial charge in [-0.05, 0) is 25.4 Å². The van der Waals surface area contributed by atoms with Crippen LogP contribution in [0.15, 0.2) is 0 Å². The minimum absolute atomic E-state index is 0.0214. The predicted octanol–water partition coefficient (Wildman–Crippen LogP) is -0.274. The van der Waals surface area contributed by atoms with Crippen molar-refractivity contribution in [3.63, 3.8) is 0 Å². The first-order chi connectivity index (χ1) is 8.61. The number of nitrogens with zero attached hydrogens (tertiary/aromatic N) is 2. The zero-order valence-electron chi connectivity index (χ0n) is 12.3. The second-order valence-electron chi connectivity index (χ2n) is 5.96. The lowest BCUT2D eigenvalue weighted by Gasteiger charge is -2.30. The van der Waals surface area contributed by atoms with Gasteiger partial charge in [0.15, 0.2) is 0 Å². The number of nitrogens with one attached hydrogen (secondary N) is 1. The standard InChI is InChI=1S/C12H25N3O3S/c1-12(6-8-14(2)9-12)10-15(3)11(16)5-7-13-19(4,17)18/h13H,5-10H2,1-4H3. The highest BCUT2D eigenvalue weighted by Crippen LogP contribution is 2.29. The summed E-state index contributed by atoms with van der Waals surface area (Å²) in [4.78, 5) is 15.9. The minimum atomic E-state index is -3.21. The average molecular weight is 291 g/mol. The molecule has 19 heavy (non-hydrogen) atoms. The van der Waals surface area contributed by atoms with Crippen LogP contribution in [0.4, 0.5) is 0 Å². The SMILES string of the molecule is CN1CCC(C)(CN(C)C(=O)CCNS(C)(=O)=O)C1. The summed E-state index contributed by atoms with van der Waals surface area (Å²) in [5.74, 6) is -0.0214. The van der Waals surface area contributed by atoms with Crippen LogP contribution in [0.1, 0.15) is 19.8 Å². The summed E-state index contributed by atoms with van der Waals surface area (Å²) >= 11 is 0. The Morgan fingerprint density at radius 2 is 2.11 bits per heavy atom. The number of amides is 1. The molecule has 1 heterocycles. The van der Waals surface area contributed by atoms with Gasteiger partial charge in [0.1, 0.15) is 0 Å². The van der Waals surface area contributed by atoms with Gasteiger partial charge in [0.25, 0.3) is 0 Å². The molecule has 0 radical (unpaired) electrons. The van der Waals surface area contributed by atoms with E-state index in [-0.39, 0.29) is 24.3 Å². The van der Waals surface area contributed by atoms with Crippen LogP contribution < -0.4 is 4.72 Å². The van der Waals surface area contributed by atoms with E-state index in [1.54, 1.807) is 11.9 Å². The maximum absolute atomic E-state index is 11.9. The van der Waals surface area contributed by atoms with Crippen LogP contribution in [0.25, 0.3) is 0 Å². The van der Waals surface area contributed by atoms with Gasteiger partial charge >= 0.3 is 0 Å². The first-order valence-electron chi connectivity index (χ1n) is 6.48. The smallest absolute Gasteiger partial charge is 0.223 e. The van der Waals surface area contributed by atoms with Crippen LogP contribution in [-0.4, -0.2) is 70.7 Å². The number of rotatable bonds is 6. The molecule has 1 fully saturated rings. The van der Waals surface area contributed by atoms with Crippen LogP contribution in [0.2, 0.25) is 0 Å². The van der Waals surface area contributed by atoms with E-state index in [9.17, 15) is 13.2 Å². The first kappa shape index (κ1) is 16.4. The lowest BCUT2D eigenvalue weighted by molar-refractivity contribution is -0.131. The van der Waals surface area contributed by atoms with E-state index in [2.05, 4.69) is 23.6 Å². The molecule has 0 aromatic rings. The lowest BCUT2D eigenvalue weighted by atomic mass is 9.89. The zero-order chi connectivity index (χ0) is 14.7. The molecular formula is C12H25N3O3S. The topological polar surface area (TPSA) is 69.7 Å². The van der Waals surface area contributed by atoms with Crippen molar-refractivity contribution in [3.05, 3.63) is 0 Å². The van der Waals surface area contributed by atoms with Gasteiger partial charge in [0, 0.05) is 33.1 Å². The maximum atomic E-state index is 11.9. The third-order valence-corrected chi connectivity index (χ3v) is 4.22. The lowest BCUT2D eigenvalue weighted by Crippen LogP contribution is -2.40. The number of likely N-dealkylation sites (tertiary alicyclic amines) is 1. The van der Waals surface area contributed by atoms with Gasteiger partial charge in [0.05, 0.1) is 6.26 Å². The molecule has 0 saturated carbocycles. The zero-order valence-corrected chi connectivity index (χ0v) is 13.1. The van der Waals surface area contributed by atoms with Crippen molar-refractivity contribution < 1.29 is 13.2 Å². The molecule has 0 aliphatic carbocycles. The van der Waals surface area contributed by atoms with Crippen LogP contribution in [-0.2, 0) is 14.8 Å². The summed E-state index contributed by atoms with van der Waals surface area (Å²) in [6.07, 6.45) is 2.38. The normalized spacial score (nSPS) is 24.6. The van der Waals surface area contributed by atoms with Gasteiger partial charge in [-0.15, -0.1) is 0 Å². The maximum Gasteiger partial charge on any atom is 0.223 e.